The first kappa shape index (κ1) is 11.5. The van der Waals surface area contributed by atoms with Crippen LogP contribution in [0.2, 0.25) is 0 Å². The van der Waals surface area contributed by atoms with E-state index in [4.69, 9.17) is 9.29 Å². The average molecular weight is 222 g/mol. The van der Waals surface area contributed by atoms with E-state index in [1.165, 1.54) is 0 Å². The van der Waals surface area contributed by atoms with Crippen molar-refractivity contribution in [2.75, 3.05) is 5.75 Å². The van der Waals surface area contributed by atoms with Gasteiger partial charge in [-0.15, -0.1) is 0 Å². The van der Waals surface area contributed by atoms with Crippen molar-refractivity contribution in [3.8, 4) is 0 Å². The van der Waals surface area contributed by atoms with Gasteiger partial charge in [-0.2, -0.15) is 8.42 Å². The summed E-state index contributed by atoms with van der Waals surface area (Å²) >= 11 is 0. The summed E-state index contributed by atoms with van der Waals surface area (Å²) in [6.45, 7) is 0. The standard InChI is InChI=1S/C8H14O5S/c9-8(5-6-14(10,11)12)13-7-3-1-2-4-7/h7H,1-6H2,(H,10,11,12). The monoisotopic (exact) mass is 222 g/mol. The molecule has 0 spiro atoms. The van der Waals surface area contributed by atoms with Crippen LogP contribution < -0.4 is 0 Å². The largest absolute Gasteiger partial charge is 0.462 e. The molecule has 14 heavy (non-hydrogen) atoms. The molecule has 0 heterocycles. The van der Waals surface area contributed by atoms with Gasteiger partial charge in [0.25, 0.3) is 10.1 Å². The van der Waals surface area contributed by atoms with Crippen molar-refractivity contribution in [2.24, 2.45) is 0 Å². The molecule has 0 aromatic carbocycles. The lowest BCUT2D eigenvalue weighted by Crippen LogP contribution is -2.17. The number of esters is 1. The predicted molar refractivity (Wildman–Crippen MR) is 49.4 cm³/mol. The summed E-state index contributed by atoms with van der Waals surface area (Å²) in [6, 6.07) is 0. The van der Waals surface area contributed by atoms with E-state index in [2.05, 4.69) is 0 Å². The van der Waals surface area contributed by atoms with Crippen LogP contribution in [0.4, 0.5) is 0 Å². The third-order valence-corrected chi connectivity index (χ3v) is 2.88. The Bertz CT molecular complexity index is 289. The van der Waals surface area contributed by atoms with Gasteiger partial charge in [0.2, 0.25) is 0 Å². The lowest BCUT2D eigenvalue weighted by molar-refractivity contribution is -0.148. The van der Waals surface area contributed by atoms with Crippen LogP contribution in [-0.4, -0.2) is 30.8 Å². The van der Waals surface area contributed by atoms with Crippen molar-refractivity contribution in [1.82, 2.24) is 0 Å². The smallest absolute Gasteiger partial charge is 0.307 e. The molecular weight excluding hydrogens is 208 g/mol. The second-order valence-electron chi connectivity index (χ2n) is 3.43. The van der Waals surface area contributed by atoms with E-state index in [9.17, 15) is 13.2 Å². The number of ether oxygens (including phenoxy) is 1. The van der Waals surface area contributed by atoms with Crippen LogP contribution in [0.1, 0.15) is 32.1 Å². The Balaban J connectivity index is 2.22. The molecule has 0 aliphatic heterocycles. The highest BCUT2D eigenvalue weighted by molar-refractivity contribution is 7.85. The molecule has 0 saturated heterocycles. The summed E-state index contributed by atoms with van der Waals surface area (Å²) in [5, 5.41) is 0. The Kier molecular flexibility index (Phi) is 3.88. The zero-order valence-corrected chi connectivity index (χ0v) is 8.62. The first-order valence-electron chi connectivity index (χ1n) is 4.62. The van der Waals surface area contributed by atoms with Gasteiger partial charge in [0.1, 0.15) is 6.10 Å². The van der Waals surface area contributed by atoms with Crippen LogP contribution in [0.15, 0.2) is 0 Å². The fourth-order valence-corrected chi connectivity index (χ4v) is 1.89. The summed E-state index contributed by atoms with van der Waals surface area (Å²) in [5.74, 6) is -1.10. The van der Waals surface area contributed by atoms with E-state index < -0.39 is 21.8 Å². The van der Waals surface area contributed by atoms with Gasteiger partial charge in [0, 0.05) is 0 Å². The zero-order chi connectivity index (χ0) is 10.6. The van der Waals surface area contributed by atoms with Gasteiger partial charge >= 0.3 is 5.97 Å². The molecule has 0 atom stereocenters. The SMILES string of the molecule is O=C(CCS(=O)(=O)O)OC1CCCC1. The molecule has 0 radical (unpaired) electrons. The van der Waals surface area contributed by atoms with Crippen molar-refractivity contribution >= 4 is 16.1 Å². The maximum Gasteiger partial charge on any atom is 0.307 e. The fraction of sp³-hybridized carbons (Fsp3) is 0.875. The molecule has 1 aliphatic rings. The van der Waals surface area contributed by atoms with Gasteiger partial charge in [-0.25, -0.2) is 0 Å². The van der Waals surface area contributed by atoms with E-state index in [1.54, 1.807) is 0 Å². The van der Waals surface area contributed by atoms with Crippen molar-refractivity contribution in [2.45, 2.75) is 38.2 Å². The number of carbonyl (C=O) groups excluding carboxylic acids is 1. The molecule has 1 aliphatic carbocycles. The molecule has 0 aromatic rings. The maximum absolute atomic E-state index is 11.0. The van der Waals surface area contributed by atoms with Gasteiger partial charge in [-0.05, 0) is 25.7 Å². The van der Waals surface area contributed by atoms with Crippen LogP contribution in [-0.2, 0) is 19.6 Å². The van der Waals surface area contributed by atoms with Crippen molar-refractivity contribution in [3.05, 3.63) is 0 Å². The summed E-state index contributed by atoms with van der Waals surface area (Å²) in [4.78, 5) is 11.0. The third kappa shape index (κ3) is 4.57. The Morgan fingerprint density at radius 2 is 1.93 bits per heavy atom. The van der Waals surface area contributed by atoms with Crippen LogP contribution in [0.5, 0.6) is 0 Å². The van der Waals surface area contributed by atoms with E-state index >= 15 is 0 Å². The molecule has 1 saturated carbocycles. The van der Waals surface area contributed by atoms with Gasteiger partial charge in [-0.3, -0.25) is 9.35 Å². The summed E-state index contributed by atoms with van der Waals surface area (Å²) in [7, 11) is -4.05. The van der Waals surface area contributed by atoms with Gasteiger partial charge in [-0.1, -0.05) is 0 Å². The highest BCUT2D eigenvalue weighted by Gasteiger charge is 2.20. The Hall–Kier alpha value is -0.620. The van der Waals surface area contributed by atoms with Gasteiger partial charge in [0.15, 0.2) is 0 Å². The van der Waals surface area contributed by atoms with Crippen molar-refractivity contribution in [3.63, 3.8) is 0 Å². The first-order chi connectivity index (χ1) is 6.47. The lowest BCUT2D eigenvalue weighted by Gasteiger charge is -2.10. The van der Waals surface area contributed by atoms with Crippen molar-refractivity contribution in [1.29, 1.82) is 0 Å². The molecule has 6 heteroatoms. The highest BCUT2D eigenvalue weighted by Crippen LogP contribution is 2.21. The Morgan fingerprint density at radius 1 is 1.36 bits per heavy atom. The average Bonchev–Trinajstić information content (AvgIpc) is 2.52. The topological polar surface area (TPSA) is 80.7 Å². The molecule has 0 aromatic heterocycles. The Morgan fingerprint density at radius 3 is 2.43 bits per heavy atom. The molecule has 0 bridgehead atoms. The third-order valence-electron chi connectivity index (χ3n) is 2.16. The second-order valence-corrected chi connectivity index (χ2v) is 5.00. The summed E-state index contributed by atoms with van der Waals surface area (Å²) < 4.78 is 34.0. The normalized spacial score (nSPS) is 18.4. The van der Waals surface area contributed by atoms with E-state index in [0.717, 1.165) is 25.7 Å². The number of hydrogen-bond donors (Lipinski definition) is 1. The minimum absolute atomic E-state index is 0.0519. The molecule has 1 N–H and O–H groups in total. The first-order valence-corrected chi connectivity index (χ1v) is 6.23. The van der Waals surface area contributed by atoms with E-state index in [0.29, 0.717) is 0 Å². The molecule has 5 nitrogen and oxygen atoms in total. The van der Waals surface area contributed by atoms with E-state index in [1.807, 2.05) is 0 Å². The summed E-state index contributed by atoms with van der Waals surface area (Å²) in [6.07, 6.45) is 3.50. The number of hydrogen-bond acceptors (Lipinski definition) is 4. The maximum atomic E-state index is 11.0. The van der Waals surface area contributed by atoms with E-state index in [-0.39, 0.29) is 12.5 Å². The molecule has 1 fully saturated rings. The van der Waals surface area contributed by atoms with Gasteiger partial charge < -0.3 is 4.74 Å². The molecule has 0 amide bonds. The fourth-order valence-electron chi connectivity index (χ4n) is 1.46. The van der Waals surface area contributed by atoms with Crippen LogP contribution in [0.3, 0.4) is 0 Å². The lowest BCUT2D eigenvalue weighted by atomic mass is 10.3. The molecule has 82 valence electrons. The quantitative estimate of drug-likeness (QED) is 0.560. The molecule has 0 unspecified atom stereocenters. The predicted octanol–water partition coefficient (Wildman–Crippen LogP) is 0.750. The van der Waals surface area contributed by atoms with Crippen LogP contribution in [0, 0.1) is 0 Å². The van der Waals surface area contributed by atoms with Crippen LogP contribution in [0.25, 0.3) is 0 Å². The Labute approximate surface area is 83.2 Å². The minimum atomic E-state index is -4.05. The number of carbonyl (C=O) groups is 1. The van der Waals surface area contributed by atoms with Gasteiger partial charge in [0.05, 0.1) is 12.2 Å². The molecule has 1 rings (SSSR count). The zero-order valence-electron chi connectivity index (χ0n) is 7.81. The number of rotatable bonds is 4. The minimum Gasteiger partial charge on any atom is -0.462 e. The van der Waals surface area contributed by atoms with Crippen LogP contribution >= 0.6 is 0 Å². The van der Waals surface area contributed by atoms with Crippen molar-refractivity contribution < 1.29 is 22.5 Å². The summed E-state index contributed by atoms with van der Waals surface area (Å²) in [5.41, 5.74) is 0. The highest BCUT2D eigenvalue weighted by atomic mass is 32.2. The molecular formula is C8H14O5S. The second kappa shape index (κ2) is 4.75.